The summed E-state index contributed by atoms with van der Waals surface area (Å²) in [5.41, 5.74) is 2.64. The molecule has 0 atom stereocenters. The Morgan fingerprint density at radius 1 is 1.18 bits per heavy atom. The Bertz CT molecular complexity index is 788. The third-order valence-corrected chi connectivity index (χ3v) is 4.76. The van der Waals surface area contributed by atoms with Crippen molar-refractivity contribution < 1.29 is 4.74 Å². The molecular formula is C16H16N4OS. The average Bonchev–Trinajstić information content (AvgIpc) is 3.23. The van der Waals surface area contributed by atoms with E-state index in [0.29, 0.717) is 6.04 Å². The largest absolute Gasteiger partial charge is 0.381 e. The lowest BCUT2D eigenvalue weighted by Crippen LogP contribution is -2.19. The molecule has 0 aliphatic carbocycles. The van der Waals surface area contributed by atoms with Gasteiger partial charge < -0.3 is 9.30 Å². The van der Waals surface area contributed by atoms with E-state index in [1.807, 2.05) is 18.5 Å². The summed E-state index contributed by atoms with van der Waals surface area (Å²) in [5.74, 6) is 0. The number of aromatic nitrogens is 4. The van der Waals surface area contributed by atoms with Crippen molar-refractivity contribution in [1.29, 1.82) is 0 Å². The maximum Gasteiger partial charge on any atom is 0.164 e. The number of nitrogens with zero attached hydrogens (tertiary/aromatic N) is 4. The zero-order valence-corrected chi connectivity index (χ0v) is 12.9. The van der Waals surface area contributed by atoms with Gasteiger partial charge in [0.2, 0.25) is 0 Å². The molecule has 4 rings (SSSR count). The lowest BCUT2D eigenvalue weighted by molar-refractivity contribution is 0.0704. The van der Waals surface area contributed by atoms with Gasteiger partial charge in [-0.25, -0.2) is 15.0 Å². The first-order valence-corrected chi connectivity index (χ1v) is 8.26. The van der Waals surface area contributed by atoms with E-state index in [1.54, 1.807) is 17.7 Å². The molecule has 1 saturated heterocycles. The topological polar surface area (TPSA) is 52.8 Å². The molecule has 3 aromatic heterocycles. The van der Waals surface area contributed by atoms with Crippen molar-refractivity contribution in [2.45, 2.75) is 18.9 Å². The summed E-state index contributed by atoms with van der Waals surface area (Å²) in [6.07, 6.45) is 9.61. The van der Waals surface area contributed by atoms with Gasteiger partial charge in [0.1, 0.15) is 11.8 Å². The predicted octanol–water partition coefficient (Wildman–Crippen LogP) is 3.41. The number of hydrogen-bond donors (Lipinski definition) is 0. The minimum absolute atomic E-state index is 0.419. The van der Waals surface area contributed by atoms with Crippen molar-refractivity contribution in [2.24, 2.45) is 0 Å². The number of fused-ring (bicyclic) bond motifs is 1. The van der Waals surface area contributed by atoms with Gasteiger partial charge in [-0.15, -0.1) is 11.3 Å². The Kier molecular flexibility index (Phi) is 3.70. The Morgan fingerprint density at radius 2 is 2.09 bits per heavy atom. The summed E-state index contributed by atoms with van der Waals surface area (Å²) < 4.78 is 7.61. The molecule has 0 amide bonds. The van der Waals surface area contributed by atoms with Crippen molar-refractivity contribution in [3.63, 3.8) is 0 Å². The molecule has 1 fully saturated rings. The van der Waals surface area contributed by atoms with Gasteiger partial charge in [-0.3, -0.25) is 0 Å². The van der Waals surface area contributed by atoms with Gasteiger partial charge >= 0.3 is 0 Å². The monoisotopic (exact) mass is 312 g/mol. The van der Waals surface area contributed by atoms with Gasteiger partial charge in [0.05, 0.1) is 12.0 Å². The molecule has 0 spiro atoms. The molecule has 0 radical (unpaired) electrons. The Hall–Kier alpha value is -2.05. The summed E-state index contributed by atoms with van der Waals surface area (Å²) in [6, 6.07) is 4.54. The summed E-state index contributed by atoms with van der Waals surface area (Å²) in [7, 11) is 0. The standard InChI is InChI=1S/C16H16N4OS/c1-2-13(22-9-1)3-4-14-15-16(18-10-17-14)20(11-19-15)12-5-7-21-8-6-12/h1-4,9-12H,5-8H2/b4-3+. The summed E-state index contributed by atoms with van der Waals surface area (Å²) in [4.78, 5) is 14.6. The quantitative estimate of drug-likeness (QED) is 0.743. The highest BCUT2D eigenvalue weighted by molar-refractivity contribution is 7.10. The molecular weight excluding hydrogens is 296 g/mol. The minimum atomic E-state index is 0.419. The lowest BCUT2D eigenvalue weighted by Gasteiger charge is -2.23. The van der Waals surface area contributed by atoms with Crippen LogP contribution in [0.25, 0.3) is 23.3 Å². The Morgan fingerprint density at radius 3 is 2.91 bits per heavy atom. The second kappa shape index (κ2) is 5.98. The summed E-state index contributed by atoms with van der Waals surface area (Å²) in [5, 5.41) is 2.06. The maximum atomic E-state index is 5.44. The SMILES string of the molecule is C(=C\c1ncnc2c1ncn2C1CCOCC1)/c1cccs1. The van der Waals surface area contributed by atoms with Gasteiger partial charge in [0, 0.05) is 24.1 Å². The fraction of sp³-hybridized carbons (Fsp3) is 0.312. The smallest absolute Gasteiger partial charge is 0.164 e. The number of thiophene rings is 1. The van der Waals surface area contributed by atoms with E-state index < -0.39 is 0 Å². The molecule has 0 bridgehead atoms. The van der Waals surface area contributed by atoms with Gasteiger partial charge in [0.15, 0.2) is 5.65 Å². The normalized spacial score (nSPS) is 16.7. The Labute approximate surface area is 132 Å². The van der Waals surface area contributed by atoms with Crippen LogP contribution in [0.15, 0.2) is 30.2 Å². The number of hydrogen-bond acceptors (Lipinski definition) is 5. The van der Waals surface area contributed by atoms with Gasteiger partial charge in [-0.05, 0) is 36.4 Å². The van der Waals surface area contributed by atoms with Crippen LogP contribution in [0.2, 0.25) is 0 Å². The zero-order valence-electron chi connectivity index (χ0n) is 12.1. The predicted molar refractivity (Wildman–Crippen MR) is 87.7 cm³/mol. The average molecular weight is 312 g/mol. The van der Waals surface area contributed by atoms with Crippen LogP contribution in [0, 0.1) is 0 Å². The minimum Gasteiger partial charge on any atom is -0.381 e. The number of rotatable bonds is 3. The maximum absolute atomic E-state index is 5.44. The highest BCUT2D eigenvalue weighted by Crippen LogP contribution is 2.25. The third-order valence-electron chi connectivity index (χ3n) is 3.92. The van der Waals surface area contributed by atoms with Crippen LogP contribution < -0.4 is 0 Å². The van der Waals surface area contributed by atoms with Crippen LogP contribution in [0.3, 0.4) is 0 Å². The lowest BCUT2D eigenvalue weighted by atomic mass is 10.1. The molecule has 112 valence electrons. The molecule has 1 aliphatic rings. The number of imidazole rings is 1. The first-order chi connectivity index (χ1) is 10.9. The molecule has 22 heavy (non-hydrogen) atoms. The molecule has 0 unspecified atom stereocenters. The van der Waals surface area contributed by atoms with Gasteiger partial charge in [0.25, 0.3) is 0 Å². The van der Waals surface area contributed by atoms with Crippen LogP contribution in [0.1, 0.15) is 29.5 Å². The van der Waals surface area contributed by atoms with E-state index >= 15 is 0 Å². The van der Waals surface area contributed by atoms with E-state index in [-0.39, 0.29) is 0 Å². The first-order valence-electron chi connectivity index (χ1n) is 7.39. The van der Waals surface area contributed by atoms with Crippen molar-refractivity contribution in [2.75, 3.05) is 13.2 Å². The fourth-order valence-electron chi connectivity index (χ4n) is 2.77. The van der Waals surface area contributed by atoms with E-state index in [1.165, 1.54) is 4.88 Å². The van der Waals surface area contributed by atoms with Crippen molar-refractivity contribution >= 4 is 34.7 Å². The molecule has 5 nitrogen and oxygen atoms in total. The molecule has 3 aromatic rings. The second-order valence-corrected chi connectivity index (χ2v) is 6.25. The van der Waals surface area contributed by atoms with E-state index in [2.05, 4.69) is 37.0 Å². The molecule has 0 saturated carbocycles. The molecule has 1 aliphatic heterocycles. The highest BCUT2D eigenvalue weighted by Gasteiger charge is 2.19. The van der Waals surface area contributed by atoms with Crippen LogP contribution >= 0.6 is 11.3 Å². The first kappa shape index (κ1) is 13.6. The van der Waals surface area contributed by atoms with Crippen molar-refractivity contribution in [3.05, 3.63) is 40.7 Å². The second-order valence-electron chi connectivity index (χ2n) is 5.28. The van der Waals surface area contributed by atoms with Crippen molar-refractivity contribution in [1.82, 2.24) is 19.5 Å². The van der Waals surface area contributed by atoms with Gasteiger partial charge in [-0.1, -0.05) is 6.07 Å². The summed E-state index contributed by atoms with van der Waals surface area (Å²) >= 11 is 1.71. The third kappa shape index (κ3) is 2.55. The van der Waals surface area contributed by atoms with Crippen LogP contribution in [0.4, 0.5) is 0 Å². The molecule has 0 N–H and O–H groups in total. The van der Waals surface area contributed by atoms with Crippen LogP contribution in [-0.4, -0.2) is 32.7 Å². The molecule has 4 heterocycles. The van der Waals surface area contributed by atoms with Crippen LogP contribution in [0.5, 0.6) is 0 Å². The van der Waals surface area contributed by atoms with E-state index in [4.69, 9.17) is 4.74 Å². The van der Waals surface area contributed by atoms with Crippen molar-refractivity contribution in [3.8, 4) is 0 Å². The fourth-order valence-corrected chi connectivity index (χ4v) is 3.39. The molecule has 6 heteroatoms. The van der Waals surface area contributed by atoms with Crippen LogP contribution in [-0.2, 0) is 4.74 Å². The number of ether oxygens (including phenoxy) is 1. The van der Waals surface area contributed by atoms with Gasteiger partial charge in [-0.2, -0.15) is 0 Å². The van der Waals surface area contributed by atoms with E-state index in [9.17, 15) is 0 Å². The van der Waals surface area contributed by atoms with E-state index in [0.717, 1.165) is 42.9 Å². The summed E-state index contributed by atoms with van der Waals surface area (Å²) in [6.45, 7) is 1.61. The molecule has 0 aromatic carbocycles. The highest BCUT2D eigenvalue weighted by atomic mass is 32.1. The zero-order chi connectivity index (χ0) is 14.8. The Balaban J connectivity index is 1.70.